The van der Waals surface area contributed by atoms with Gasteiger partial charge in [-0.3, -0.25) is 9.78 Å². The smallest absolute Gasteiger partial charge is 0.271 e. The number of rotatable bonds is 4. The lowest BCUT2D eigenvalue weighted by atomic mass is 10.2. The van der Waals surface area contributed by atoms with Crippen LogP contribution >= 0.6 is 0 Å². The molecule has 2 rings (SSSR count). The maximum atomic E-state index is 11.7. The van der Waals surface area contributed by atoms with E-state index in [0.29, 0.717) is 12.2 Å². The first-order valence-electron chi connectivity index (χ1n) is 6.04. The molecule has 0 bridgehead atoms. The SMILES string of the molecule is Cc1cnc(C(=O)NC/C=C\c2ccccc2)cn1. The predicted molar refractivity (Wildman–Crippen MR) is 74.6 cm³/mol. The lowest BCUT2D eigenvalue weighted by Crippen LogP contribution is -2.24. The first-order chi connectivity index (χ1) is 9.25. The van der Waals surface area contributed by atoms with E-state index in [1.165, 1.54) is 6.20 Å². The molecule has 96 valence electrons. The van der Waals surface area contributed by atoms with Gasteiger partial charge in [0.25, 0.3) is 5.91 Å². The molecule has 0 aliphatic carbocycles. The van der Waals surface area contributed by atoms with Crippen LogP contribution in [-0.4, -0.2) is 22.4 Å². The van der Waals surface area contributed by atoms with E-state index in [-0.39, 0.29) is 5.91 Å². The summed E-state index contributed by atoms with van der Waals surface area (Å²) in [7, 11) is 0. The molecule has 2 aromatic rings. The minimum absolute atomic E-state index is 0.217. The summed E-state index contributed by atoms with van der Waals surface area (Å²) < 4.78 is 0. The van der Waals surface area contributed by atoms with Crippen molar-refractivity contribution in [3.8, 4) is 0 Å². The van der Waals surface area contributed by atoms with Crippen LogP contribution in [0.4, 0.5) is 0 Å². The van der Waals surface area contributed by atoms with Crippen LogP contribution in [0.2, 0.25) is 0 Å². The minimum atomic E-state index is -0.217. The van der Waals surface area contributed by atoms with Gasteiger partial charge in [-0.25, -0.2) is 4.98 Å². The Morgan fingerprint density at radius 2 is 2.00 bits per heavy atom. The van der Waals surface area contributed by atoms with Crippen molar-refractivity contribution in [2.24, 2.45) is 0 Å². The monoisotopic (exact) mass is 253 g/mol. The molecule has 0 aliphatic rings. The standard InChI is InChI=1S/C15H15N3O/c1-12-10-18-14(11-17-12)15(19)16-9-5-8-13-6-3-2-4-7-13/h2-8,10-11H,9H2,1H3,(H,16,19)/b8-5-. The van der Waals surface area contributed by atoms with Crippen molar-refractivity contribution in [1.82, 2.24) is 15.3 Å². The third-order valence-electron chi connectivity index (χ3n) is 2.50. The average molecular weight is 253 g/mol. The topological polar surface area (TPSA) is 54.9 Å². The van der Waals surface area contributed by atoms with Crippen molar-refractivity contribution < 1.29 is 4.79 Å². The molecule has 1 aromatic heterocycles. The van der Waals surface area contributed by atoms with E-state index < -0.39 is 0 Å². The molecule has 0 unspecified atom stereocenters. The van der Waals surface area contributed by atoms with E-state index in [4.69, 9.17) is 0 Å². The van der Waals surface area contributed by atoms with Gasteiger partial charge in [-0.05, 0) is 12.5 Å². The van der Waals surface area contributed by atoms with Crippen LogP contribution in [0.15, 0.2) is 48.8 Å². The molecule has 0 saturated carbocycles. The fraction of sp³-hybridized carbons (Fsp3) is 0.133. The van der Waals surface area contributed by atoms with Crippen LogP contribution in [-0.2, 0) is 0 Å². The predicted octanol–water partition coefficient (Wildman–Crippen LogP) is 2.23. The molecule has 0 radical (unpaired) electrons. The summed E-state index contributed by atoms with van der Waals surface area (Å²) in [6.45, 7) is 2.29. The molecule has 0 spiro atoms. The molecule has 1 N–H and O–H groups in total. The van der Waals surface area contributed by atoms with Crippen molar-refractivity contribution >= 4 is 12.0 Å². The van der Waals surface area contributed by atoms with Crippen LogP contribution in [0, 0.1) is 6.92 Å². The van der Waals surface area contributed by atoms with Crippen molar-refractivity contribution in [3.05, 3.63) is 65.8 Å². The number of amides is 1. The molecule has 0 atom stereocenters. The minimum Gasteiger partial charge on any atom is -0.347 e. The number of carbonyl (C=O) groups is 1. The number of nitrogens with one attached hydrogen (secondary N) is 1. The summed E-state index contributed by atoms with van der Waals surface area (Å²) in [5, 5.41) is 2.76. The summed E-state index contributed by atoms with van der Waals surface area (Å²) in [5.74, 6) is -0.217. The van der Waals surface area contributed by atoms with Crippen LogP contribution < -0.4 is 5.32 Å². The number of hydrogen-bond donors (Lipinski definition) is 1. The molecular weight excluding hydrogens is 238 g/mol. The first kappa shape index (κ1) is 13.0. The highest BCUT2D eigenvalue weighted by Gasteiger charge is 2.04. The molecular formula is C15H15N3O. The van der Waals surface area contributed by atoms with E-state index in [2.05, 4.69) is 15.3 Å². The Morgan fingerprint density at radius 3 is 2.68 bits per heavy atom. The van der Waals surface area contributed by atoms with Gasteiger partial charge in [0.1, 0.15) is 5.69 Å². The van der Waals surface area contributed by atoms with Crippen molar-refractivity contribution in [2.45, 2.75) is 6.92 Å². The van der Waals surface area contributed by atoms with Crippen molar-refractivity contribution in [2.75, 3.05) is 6.54 Å². The van der Waals surface area contributed by atoms with Crippen LogP contribution in [0.1, 0.15) is 21.7 Å². The third-order valence-corrected chi connectivity index (χ3v) is 2.50. The molecule has 4 heteroatoms. The van der Waals surface area contributed by atoms with Crippen LogP contribution in [0.25, 0.3) is 6.08 Å². The lowest BCUT2D eigenvalue weighted by Gasteiger charge is -2.01. The summed E-state index contributed by atoms with van der Waals surface area (Å²) in [4.78, 5) is 19.8. The fourth-order valence-electron chi connectivity index (χ4n) is 1.51. The second-order valence-corrected chi connectivity index (χ2v) is 4.07. The van der Waals surface area contributed by atoms with Gasteiger partial charge in [0.05, 0.1) is 11.9 Å². The van der Waals surface area contributed by atoms with Gasteiger partial charge in [-0.1, -0.05) is 42.5 Å². The zero-order chi connectivity index (χ0) is 13.5. The highest BCUT2D eigenvalue weighted by Crippen LogP contribution is 2.00. The molecule has 0 saturated heterocycles. The summed E-state index contributed by atoms with van der Waals surface area (Å²) in [6.07, 6.45) is 6.91. The summed E-state index contributed by atoms with van der Waals surface area (Å²) >= 11 is 0. The second kappa shape index (κ2) is 6.44. The number of nitrogens with zero attached hydrogens (tertiary/aromatic N) is 2. The number of aryl methyl sites for hydroxylation is 1. The molecule has 0 fully saturated rings. The summed E-state index contributed by atoms with van der Waals surface area (Å²) in [6, 6.07) is 9.92. The largest absolute Gasteiger partial charge is 0.347 e. The fourth-order valence-corrected chi connectivity index (χ4v) is 1.51. The first-order valence-corrected chi connectivity index (χ1v) is 6.04. The quantitative estimate of drug-likeness (QED) is 0.909. The Morgan fingerprint density at radius 1 is 1.21 bits per heavy atom. The lowest BCUT2D eigenvalue weighted by molar-refractivity contribution is 0.0952. The van der Waals surface area contributed by atoms with E-state index in [9.17, 15) is 4.79 Å². The number of benzene rings is 1. The van der Waals surface area contributed by atoms with Gasteiger partial charge < -0.3 is 5.32 Å². The Bertz CT molecular complexity index is 562. The van der Waals surface area contributed by atoms with Gasteiger partial charge in [-0.15, -0.1) is 0 Å². The molecule has 1 amide bonds. The Kier molecular flexibility index (Phi) is 4.39. The van der Waals surface area contributed by atoms with Crippen molar-refractivity contribution in [3.63, 3.8) is 0 Å². The molecule has 1 aromatic carbocycles. The number of aromatic nitrogens is 2. The van der Waals surface area contributed by atoms with Gasteiger partial charge in [0.15, 0.2) is 0 Å². The number of carbonyl (C=O) groups excluding carboxylic acids is 1. The van der Waals surface area contributed by atoms with Crippen LogP contribution in [0.3, 0.4) is 0 Å². The van der Waals surface area contributed by atoms with Gasteiger partial charge >= 0.3 is 0 Å². The van der Waals surface area contributed by atoms with Gasteiger partial charge in [0.2, 0.25) is 0 Å². The molecule has 0 aliphatic heterocycles. The Labute approximate surface area is 112 Å². The third kappa shape index (κ3) is 4.03. The highest BCUT2D eigenvalue weighted by atomic mass is 16.1. The number of hydrogen-bond acceptors (Lipinski definition) is 3. The maximum Gasteiger partial charge on any atom is 0.271 e. The van der Waals surface area contributed by atoms with E-state index in [0.717, 1.165) is 11.3 Å². The normalized spacial score (nSPS) is 10.6. The zero-order valence-electron chi connectivity index (χ0n) is 10.7. The van der Waals surface area contributed by atoms with Gasteiger partial charge in [0, 0.05) is 12.7 Å². The average Bonchev–Trinajstić information content (AvgIpc) is 2.45. The zero-order valence-corrected chi connectivity index (χ0v) is 10.7. The van der Waals surface area contributed by atoms with Gasteiger partial charge in [-0.2, -0.15) is 0 Å². The highest BCUT2D eigenvalue weighted by molar-refractivity contribution is 5.92. The Balaban J connectivity index is 1.84. The maximum absolute atomic E-state index is 11.7. The molecule has 4 nitrogen and oxygen atoms in total. The summed E-state index contributed by atoms with van der Waals surface area (Å²) in [5.41, 5.74) is 2.23. The Hall–Kier alpha value is -2.49. The van der Waals surface area contributed by atoms with Crippen LogP contribution in [0.5, 0.6) is 0 Å². The molecule has 19 heavy (non-hydrogen) atoms. The molecule has 1 heterocycles. The van der Waals surface area contributed by atoms with E-state index >= 15 is 0 Å². The van der Waals surface area contributed by atoms with Crippen molar-refractivity contribution in [1.29, 1.82) is 0 Å². The van der Waals surface area contributed by atoms with E-state index in [1.807, 2.05) is 49.4 Å². The second-order valence-electron chi connectivity index (χ2n) is 4.07. The van der Waals surface area contributed by atoms with E-state index in [1.54, 1.807) is 6.20 Å².